The average molecular weight is 401 g/mol. The molecule has 2 fully saturated rings. The standard InChI is InChI=1S/C24H36N2O3/c1-4-7-20-14-22(29-5-2)15-21(23(20)27)17-25-12-9-19(10-13-25)24(28)26-11-6-8-18(3)16-26/h4,14-15,18-19,27H,1,5-13,16-17H2,2-3H3. The Labute approximate surface area is 175 Å². The summed E-state index contributed by atoms with van der Waals surface area (Å²) >= 11 is 0. The van der Waals surface area contributed by atoms with Gasteiger partial charge >= 0.3 is 0 Å². The van der Waals surface area contributed by atoms with Gasteiger partial charge in [0.15, 0.2) is 0 Å². The maximum atomic E-state index is 12.9. The van der Waals surface area contributed by atoms with Gasteiger partial charge in [-0.25, -0.2) is 0 Å². The van der Waals surface area contributed by atoms with Gasteiger partial charge in [-0.05, 0) is 70.2 Å². The lowest BCUT2D eigenvalue weighted by Gasteiger charge is -2.37. The number of rotatable bonds is 7. The maximum Gasteiger partial charge on any atom is 0.225 e. The second kappa shape index (κ2) is 10.1. The van der Waals surface area contributed by atoms with E-state index in [9.17, 15) is 9.90 Å². The van der Waals surface area contributed by atoms with Crippen LogP contribution >= 0.6 is 0 Å². The number of amides is 1. The van der Waals surface area contributed by atoms with Crippen LogP contribution in [-0.2, 0) is 17.8 Å². The molecule has 0 aliphatic carbocycles. The first-order valence-corrected chi connectivity index (χ1v) is 11.1. The van der Waals surface area contributed by atoms with Crippen LogP contribution < -0.4 is 4.74 Å². The van der Waals surface area contributed by atoms with E-state index in [4.69, 9.17) is 4.74 Å². The number of benzene rings is 1. The Kier molecular flexibility index (Phi) is 7.59. The Morgan fingerprint density at radius 1 is 1.24 bits per heavy atom. The zero-order chi connectivity index (χ0) is 20.8. The Morgan fingerprint density at radius 2 is 1.97 bits per heavy atom. The molecular formula is C24H36N2O3. The quantitative estimate of drug-likeness (QED) is 0.703. The molecule has 1 aromatic rings. The van der Waals surface area contributed by atoms with E-state index in [2.05, 4.69) is 23.3 Å². The van der Waals surface area contributed by atoms with Crippen molar-refractivity contribution in [1.29, 1.82) is 0 Å². The number of carbonyl (C=O) groups excluding carboxylic acids is 1. The van der Waals surface area contributed by atoms with E-state index in [1.54, 1.807) is 6.08 Å². The van der Waals surface area contributed by atoms with Gasteiger partial charge in [0.25, 0.3) is 0 Å². The highest BCUT2D eigenvalue weighted by Gasteiger charge is 2.30. The molecule has 2 aliphatic heterocycles. The molecule has 1 aromatic carbocycles. The number of hydrogen-bond acceptors (Lipinski definition) is 4. The third-order valence-electron chi connectivity index (χ3n) is 6.22. The molecule has 1 atom stereocenters. The SMILES string of the molecule is C=CCc1cc(OCC)cc(CN2CCC(C(=O)N3CCCC(C)C3)CC2)c1O. The summed E-state index contributed by atoms with van der Waals surface area (Å²) in [5, 5.41) is 10.7. The van der Waals surface area contributed by atoms with Gasteiger partial charge in [-0.2, -0.15) is 0 Å². The normalized spacial score (nSPS) is 21.2. The fourth-order valence-electron chi connectivity index (χ4n) is 4.64. The summed E-state index contributed by atoms with van der Waals surface area (Å²) in [5.41, 5.74) is 1.74. The Hall–Kier alpha value is -2.01. The summed E-state index contributed by atoms with van der Waals surface area (Å²) in [6.45, 7) is 12.9. The average Bonchev–Trinajstić information content (AvgIpc) is 2.72. The number of aromatic hydroxyl groups is 1. The number of ether oxygens (including phenoxy) is 1. The van der Waals surface area contributed by atoms with Crippen molar-refractivity contribution in [2.24, 2.45) is 11.8 Å². The fourth-order valence-corrected chi connectivity index (χ4v) is 4.64. The van der Waals surface area contributed by atoms with E-state index in [-0.39, 0.29) is 5.92 Å². The van der Waals surface area contributed by atoms with E-state index >= 15 is 0 Å². The first-order valence-electron chi connectivity index (χ1n) is 11.1. The summed E-state index contributed by atoms with van der Waals surface area (Å²) in [5.74, 6) is 2.26. The number of piperidine rings is 2. The number of allylic oxidation sites excluding steroid dienone is 1. The number of nitrogens with zero attached hydrogens (tertiary/aromatic N) is 2. The van der Waals surface area contributed by atoms with Crippen LogP contribution in [0.3, 0.4) is 0 Å². The predicted molar refractivity (Wildman–Crippen MR) is 116 cm³/mol. The molecule has 0 aromatic heterocycles. The number of phenolic OH excluding ortho intramolecular Hbond substituents is 1. The largest absolute Gasteiger partial charge is 0.507 e. The second-order valence-electron chi connectivity index (χ2n) is 8.60. The zero-order valence-electron chi connectivity index (χ0n) is 18.0. The van der Waals surface area contributed by atoms with Crippen molar-refractivity contribution in [3.05, 3.63) is 35.9 Å². The monoisotopic (exact) mass is 400 g/mol. The Morgan fingerprint density at radius 3 is 2.62 bits per heavy atom. The molecule has 2 aliphatic rings. The van der Waals surface area contributed by atoms with Gasteiger partial charge in [-0.1, -0.05) is 13.0 Å². The third kappa shape index (κ3) is 5.53. The van der Waals surface area contributed by atoms with Gasteiger partial charge in [0.1, 0.15) is 11.5 Å². The number of carbonyl (C=O) groups is 1. The van der Waals surface area contributed by atoms with Crippen molar-refractivity contribution >= 4 is 5.91 Å². The highest BCUT2D eigenvalue weighted by atomic mass is 16.5. The lowest BCUT2D eigenvalue weighted by Crippen LogP contribution is -2.45. The highest BCUT2D eigenvalue weighted by molar-refractivity contribution is 5.79. The van der Waals surface area contributed by atoms with E-state index in [0.717, 1.165) is 62.3 Å². The predicted octanol–water partition coefficient (Wildman–Crippen LogP) is 3.99. The molecule has 2 saturated heterocycles. The van der Waals surface area contributed by atoms with Crippen LogP contribution in [0.25, 0.3) is 0 Å². The fraction of sp³-hybridized carbons (Fsp3) is 0.625. The van der Waals surface area contributed by atoms with Crippen molar-refractivity contribution in [3.8, 4) is 11.5 Å². The maximum absolute atomic E-state index is 12.9. The zero-order valence-corrected chi connectivity index (χ0v) is 18.0. The highest BCUT2D eigenvalue weighted by Crippen LogP contribution is 2.32. The van der Waals surface area contributed by atoms with Crippen molar-refractivity contribution in [3.63, 3.8) is 0 Å². The molecule has 1 unspecified atom stereocenters. The van der Waals surface area contributed by atoms with Crippen LogP contribution in [0.4, 0.5) is 0 Å². The van der Waals surface area contributed by atoms with Crippen LogP contribution in [0.2, 0.25) is 0 Å². The molecule has 1 amide bonds. The minimum absolute atomic E-state index is 0.149. The summed E-state index contributed by atoms with van der Waals surface area (Å²) in [4.78, 5) is 17.3. The second-order valence-corrected chi connectivity index (χ2v) is 8.60. The van der Waals surface area contributed by atoms with Gasteiger partial charge < -0.3 is 14.7 Å². The van der Waals surface area contributed by atoms with Crippen LogP contribution in [0.1, 0.15) is 50.7 Å². The van der Waals surface area contributed by atoms with Crippen molar-refractivity contribution in [2.75, 3.05) is 32.8 Å². The Bertz CT molecular complexity index is 710. The number of likely N-dealkylation sites (tertiary alicyclic amines) is 2. The lowest BCUT2D eigenvalue weighted by atomic mass is 9.92. The smallest absolute Gasteiger partial charge is 0.225 e. The van der Waals surface area contributed by atoms with Crippen LogP contribution in [0, 0.1) is 11.8 Å². The van der Waals surface area contributed by atoms with E-state index in [0.29, 0.717) is 37.1 Å². The third-order valence-corrected chi connectivity index (χ3v) is 6.22. The van der Waals surface area contributed by atoms with Gasteiger partial charge in [-0.3, -0.25) is 9.69 Å². The van der Waals surface area contributed by atoms with Crippen LogP contribution in [-0.4, -0.2) is 53.6 Å². The molecule has 0 saturated carbocycles. The molecule has 3 rings (SSSR count). The van der Waals surface area contributed by atoms with Gasteiger partial charge in [0.05, 0.1) is 6.61 Å². The molecule has 1 N–H and O–H groups in total. The first kappa shape index (κ1) is 21.7. The minimum atomic E-state index is 0.149. The molecule has 5 nitrogen and oxygen atoms in total. The summed E-state index contributed by atoms with van der Waals surface area (Å²) in [6.07, 6.45) is 6.58. The minimum Gasteiger partial charge on any atom is -0.507 e. The van der Waals surface area contributed by atoms with Crippen LogP contribution in [0.5, 0.6) is 11.5 Å². The van der Waals surface area contributed by atoms with E-state index < -0.39 is 0 Å². The molecule has 0 bridgehead atoms. The van der Waals surface area contributed by atoms with Crippen molar-refractivity contribution in [1.82, 2.24) is 9.80 Å². The molecule has 160 valence electrons. The molecule has 0 radical (unpaired) electrons. The summed E-state index contributed by atoms with van der Waals surface area (Å²) in [7, 11) is 0. The molecule has 29 heavy (non-hydrogen) atoms. The first-order chi connectivity index (χ1) is 14.0. The van der Waals surface area contributed by atoms with Crippen LogP contribution in [0.15, 0.2) is 24.8 Å². The van der Waals surface area contributed by atoms with E-state index in [1.807, 2.05) is 19.1 Å². The number of phenols is 1. The molecule has 2 heterocycles. The Balaban J connectivity index is 1.60. The van der Waals surface area contributed by atoms with E-state index in [1.165, 1.54) is 6.42 Å². The van der Waals surface area contributed by atoms with Gasteiger partial charge in [0, 0.05) is 36.7 Å². The van der Waals surface area contributed by atoms with Gasteiger partial charge in [0.2, 0.25) is 5.91 Å². The molecule has 0 spiro atoms. The molecular weight excluding hydrogens is 364 g/mol. The molecule has 5 heteroatoms. The lowest BCUT2D eigenvalue weighted by molar-refractivity contribution is -0.138. The topological polar surface area (TPSA) is 53.0 Å². The summed E-state index contributed by atoms with van der Waals surface area (Å²) < 4.78 is 5.69. The number of hydrogen-bond donors (Lipinski definition) is 1. The van der Waals surface area contributed by atoms with Gasteiger partial charge in [-0.15, -0.1) is 6.58 Å². The van der Waals surface area contributed by atoms with Crippen molar-refractivity contribution < 1.29 is 14.6 Å². The summed E-state index contributed by atoms with van der Waals surface area (Å²) in [6, 6.07) is 3.84. The van der Waals surface area contributed by atoms with Crippen molar-refractivity contribution in [2.45, 2.75) is 52.5 Å².